The molecule has 2 saturated heterocycles. The standard InChI is InChI=1S/C10H14N2O4/c1-2-7(10(15)16)12-3-5-6(4-12)9(14)11-8(5)13/h5-7H,2-4H2,1H3,(H,15,16)(H,11,13,14). The highest BCUT2D eigenvalue weighted by Crippen LogP contribution is 2.30. The van der Waals surface area contributed by atoms with Gasteiger partial charge in [-0.25, -0.2) is 0 Å². The molecule has 0 radical (unpaired) electrons. The Hall–Kier alpha value is -1.43. The Morgan fingerprint density at radius 1 is 1.44 bits per heavy atom. The normalized spacial score (nSPS) is 31.3. The van der Waals surface area contributed by atoms with E-state index >= 15 is 0 Å². The molecular formula is C10H14N2O4. The summed E-state index contributed by atoms with van der Waals surface area (Å²) in [5.74, 6) is -2.15. The number of likely N-dealkylation sites (tertiary alicyclic amines) is 1. The van der Waals surface area contributed by atoms with E-state index in [0.717, 1.165) is 0 Å². The number of rotatable bonds is 3. The van der Waals surface area contributed by atoms with Crippen LogP contribution in [0.4, 0.5) is 0 Å². The van der Waals surface area contributed by atoms with Crippen LogP contribution in [-0.4, -0.2) is 46.9 Å². The maximum Gasteiger partial charge on any atom is 0.320 e. The molecular weight excluding hydrogens is 212 g/mol. The highest BCUT2D eigenvalue weighted by atomic mass is 16.4. The SMILES string of the molecule is CCC(C(=O)O)N1CC2C(=O)NC(=O)C2C1. The first kappa shape index (κ1) is 11.1. The third-order valence-corrected chi connectivity index (χ3v) is 3.38. The summed E-state index contributed by atoms with van der Waals surface area (Å²) in [5.41, 5.74) is 0. The van der Waals surface area contributed by atoms with E-state index in [9.17, 15) is 14.4 Å². The molecule has 0 aromatic heterocycles. The lowest BCUT2D eigenvalue weighted by atomic mass is 10.00. The molecule has 6 heteroatoms. The van der Waals surface area contributed by atoms with Gasteiger partial charge >= 0.3 is 5.97 Å². The van der Waals surface area contributed by atoms with Crippen molar-refractivity contribution in [3.63, 3.8) is 0 Å². The molecule has 2 fully saturated rings. The van der Waals surface area contributed by atoms with Crippen LogP contribution in [0.25, 0.3) is 0 Å². The van der Waals surface area contributed by atoms with Crippen molar-refractivity contribution in [3.8, 4) is 0 Å². The molecule has 0 saturated carbocycles. The lowest BCUT2D eigenvalue weighted by molar-refractivity contribution is -0.143. The fraction of sp³-hybridized carbons (Fsp3) is 0.700. The molecule has 2 heterocycles. The van der Waals surface area contributed by atoms with E-state index in [1.807, 2.05) is 0 Å². The lowest BCUT2D eigenvalue weighted by Gasteiger charge is -2.23. The van der Waals surface area contributed by atoms with E-state index in [4.69, 9.17) is 5.11 Å². The third-order valence-electron chi connectivity index (χ3n) is 3.38. The minimum Gasteiger partial charge on any atom is -0.480 e. The van der Waals surface area contributed by atoms with Crippen LogP contribution in [-0.2, 0) is 14.4 Å². The monoisotopic (exact) mass is 226 g/mol. The van der Waals surface area contributed by atoms with Crippen LogP contribution in [0, 0.1) is 11.8 Å². The summed E-state index contributed by atoms with van der Waals surface area (Å²) in [6.45, 7) is 2.52. The minimum absolute atomic E-state index is 0.266. The molecule has 16 heavy (non-hydrogen) atoms. The second-order valence-electron chi connectivity index (χ2n) is 4.28. The lowest BCUT2D eigenvalue weighted by Crippen LogP contribution is -2.42. The maximum absolute atomic E-state index is 11.4. The first-order valence-electron chi connectivity index (χ1n) is 5.36. The van der Waals surface area contributed by atoms with Crippen LogP contribution in [0.15, 0.2) is 0 Å². The number of nitrogens with zero attached hydrogens (tertiary/aromatic N) is 1. The van der Waals surface area contributed by atoms with Gasteiger partial charge in [-0.05, 0) is 6.42 Å². The molecule has 2 aliphatic rings. The maximum atomic E-state index is 11.4. The molecule has 0 spiro atoms. The number of carboxylic acid groups (broad SMARTS) is 1. The van der Waals surface area contributed by atoms with E-state index in [2.05, 4.69) is 5.32 Å². The zero-order chi connectivity index (χ0) is 11.9. The van der Waals surface area contributed by atoms with Gasteiger partial charge in [-0.2, -0.15) is 0 Å². The zero-order valence-corrected chi connectivity index (χ0v) is 8.97. The van der Waals surface area contributed by atoms with Crippen molar-refractivity contribution in [1.82, 2.24) is 10.2 Å². The van der Waals surface area contributed by atoms with E-state index in [-0.39, 0.29) is 23.7 Å². The van der Waals surface area contributed by atoms with Crippen molar-refractivity contribution >= 4 is 17.8 Å². The highest BCUT2D eigenvalue weighted by Gasteiger charge is 2.49. The van der Waals surface area contributed by atoms with Gasteiger partial charge in [-0.1, -0.05) is 6.92 Å². The number of imide groups is 1. The number of aliphatic carboxylic acids is 1. The van der Waals surface area contributed by atoms with Gasteiger partial charge in [-0.3, -0.25) is 24.6 Å². The summed E-state index contributed by atoms with van der Waals surface area (Å²) in [4.78, 5) is 35.5. The first-order valence-corrected chi connectivity index (χ1v) is 5.36. The van der Waals surface area contributed by atoms with Crippen LogP contribution in [0.5, 0.6) is 0 Å². The van der Waals surface area contributed by atoms with Gasteiger partial charge in [-0.15, -0.1) is 0 Å². The number of hydrogen-bond donors (Lipinski definition) is 2. The second kappa shape index (κ2) is 3.86. The fourth-order valence-corrected chi connectivity index (χ4v) is 2.52. The van der Waals surface area contributed by atoms with Crippen LogP contribution in [0.3, 0.4) is 0 Å². The molecule has 0 aromatic rings. The van der Waals surface area contributed by atoms with E-state index in [1.54, 1.807) is 11.8 Å². The molecule has 2 rings (SSSR count). The minimum atomic E-state index is -0.893. The molecule has 88 valence electrons. The van der Waals surface area contributed by atoms with Gasteiger partial charge < -0.3 is 5.11 Å². The number of nitrogens with one attached hydrogen (secondary N) is 1. The van der Waals surface area contributed by atoms with E-state index in [1.165, 1.54) is 0 Å². The van der Waals surface area contributed by atoms with Crippen LogP contribution in [0.1, 0.15) is 13.3 Å². The van der Waals surface area contributed by atoms with Crippen LogP contribution < -0.4 is 5.32 Å². The van der Waals surface area contributed by atoms with Gasteiger partial charge in [0.2, 0.25) is 11.8 Å². The molecule has 3 atom stereocenters. The van der Waals surface area contributed by atoms with Crippen molar-refractivity contribution in [2.45, 2.75) is 19.4 Å². The number of carboxylic acids is 1. The molecule has 0 bridgehead atoms. The average molecular weight is 226 g/mol. The molecule has 2 aliphatic heterocycles. The predicted octanol–water partition coefficient (Wildman–Crippen LogP) is -0.946. The zero-order valence-electron chi connectivity index (χ0n) is 8.97. The van der Waals surface area contributed by atoms with Crippen LogP contribution in [0.2, 0.25) is 0 Å². The van der Waals surface area contributed by atoms with Crippen LogP contribution >= 0.6 is 0 Å². The number of amides is 2. The van der Waals surface area contributed by atoms with E-state index < -0.39 is 12.0 Å². The third kappa shape index (κ3) is 1.59. The number of hydrogen-bond acceptors (Lipinski definition) is 4. The van der Waals surface area contributed by atoms with Gasteiger partial charge in [0.05, 0.1) is 11.8 Å². The first-order chi connectivity index (χ1) is 7.54. The number of carbonyl (C=O) groups excluding carboxylic acids is 2. The Kier molecular flexibility index (Phi) is 2.67. The smallest absolute Gasteiger partial charge is 0.320 e. The fourth-order valence-electron chi connectivity index (χ4n) is 2.52. The molecule has 2 N–H and O–H groups in total. The van der Waals surface area contributed by atoms with E-state index in [0.29, 0.717) is 19.5 Å². The second-order valence-corrected chi connectivity index (χ2v) is 4.28. The molecule has 0 aliphatic carbocycles. The Bertz CT molecular complexity index is 333. The van der Waals surface area contributed by atoms with Gasteiger partial charge in [0, 0.05) is 13.1 Å². The summed E-state index contributed by atoms with van der Waals surface area (Å²) in [5, 5.41) is 11.3. The summed E-state index contributed by atoms with van der Waals surface area (Å²) in [7, 11) is 0. The van der Waals surface area contributed by atoms with Crippen molar-refractivity contribution in [2.24, 2.45) is 11.8 Å². The highest BCUT2D eigenvalue weighted by molar-refractivity contribution is 6.05. The molecule has 2 amide bonds. The summed E-state index contributed by atoms with van der Waals surface area (Å²) < 4.78 is 0. The Labute approximate surface area is 92.6 Å². The summed E-state index contributed by atoms with van der Waals surface area (Å²) in [6.07, 6.45) is 0.477. The molecule has 3 unspecified atom stereocenters. The summed E-state index contributed by atoms with van der Waals surface area (Å²) in [6, 6.07) is -0.591. The number of carbonyl (C=O) groups is 3. The number of fused-ring (bicyclic) bond motifs is 1. The van der Waals surface area contributed by atoms with Crippen molar-refractivity contribution < 1.29 is 19.5 Å². The largest absolute Gasteiger partial charge is 0.480 e. The van der Waals surface area contributed by atoms with Gasteiger partial charge in [0.25, 0.3) is 0 Å². The Balaban J connectivity index is 2.11. The Morgan fingerprint density at radius 3 is 2.31 bits per heavy atom. The predicted molar refractivity (Wildman–Crippen MR) is 53.4 cm³/mol. The quantitative estimate of drug-likeness (QED) is 0.606. The average Bonchev–Trinajstić information content (AvgIpc) is 2.71. The van der Waals surface area contributed by atoms with Crippen molar-refractivity contribution in [1.29, 1.82) is 0 Å². The van der Waals surface area contributed by atoms with Crippen molar-refractivity contribution in [3.05, 3.63) is 0 Å². The Morgan fingerprint density at radius 2 is 1.94 bits per heavy atom. The van der Waals surface area contributed by atoms with Gasteiger partial charge in [0.1, 0.15) is 6.04 Å². The van der Waals surface area contributed by atoms with Gasteiger partial charge in [0.15, 0.2) is 0 Å². The molecule has 0 aromatic carbocycles. The topological polar surface area (TPSA) is 86.7 Å². The summed E-state index contributed by atoms with van der Waals surface area (Å²) >= 11 is 0. The molecule has 6 nitrogen and oxygen atoms in total. The van der Waals surface area contributed by atoms with Crippen molar-refractivity contribution in [2.75, 3.05) is 13.1 Å².